The van der Waals surface area contributed by atoms with Crippen molar-refractivity contribution in [3.05, 3.63) is 0 Å². The van der Waals surface area contributed by atoms with Gasteiger partial charge < -0.3 is 0 Å². The Hall–Kier alpha value is -0.0331. The molecular weight excluding hydrogens is 137 g/mol. The Balaban J connectivity index is 3.71. The molecule has 0 aliphatic carbocycles. The lowest BCUT2D eigenvalue weighted by Gasteiger charge is -2.11. The summed E-state index contributed by atoms with van der Waals surface area (Å²) in [5.41, 5.74) is -3.54. The highest BCUT2D eigenvalue weighted by Gasteiger charge is 2.37. The van der Waals surface area contributed by atoms with Crippen molar-refractivity contribution in [1.82, 2.24) is 0 Å². The van der Waals surface area contributed by atoms with Crippen molar-refractivity contribution in [3.8, 4) is 0 Å². The molecule has 1 unspecified atom stereocenters. The minimum atomic E-state index is -3.54. The van der Waals surface area contributed by atoms with Crippen LogP contribution in [-0.2, 0) is 4.80 Å². The Kier molecular flexibility index (Phi) is 2.49. The van der Waals surface area contributed by atoms with Crippen LogP contribution in [0, 0.1) is 0 Å². The van der Waals surface area contributed by atoms with Crippen LogP contribution in [0.1, 0.15) is 6.92 Å². The van der Waals surface area contributed by atoms with Crippen LogP contribution in [0.5, 0.6) is 0 Å². The van der Waals surface area contributed by atoms with E-state index in [1.54, 1.807) is 0 Å². The van der Waals surface area contributed by atoms with Gasteiger partial charge in [0, 0.05) is 0 Å². The maximum absolute atomic E-state index is 11.6. The summed E-state index contributed by atoms with van der Waals surface area (Å²) in [5, 5.41) is 0. The van der Waals surface area contributed by atoms with E-state index < -0.39 is 21.5 Å². The predicted octanol–water partition coefficient (Wildman–Crippen LogP) is 0.452. The summed E-state index contributed by atoms with van der Waals surface area (Å²) in [6, 6.07) is 0. The van der Waals surface area contributed by atoms with Gasteiger partial charge in [-0.1, -0.05) is 0 Å². The van der Waals surface area contributed by atoms with E-state index in [9.17, 15) is 18.0 Å². The van der Waals surface area contributed by atoms with Crippen LogP contribution in [0.15, 0.2) is 0 Å². The predicted molar refractivity (Wildman–Crippen MR) is 24.7 cm³/mol. The summed E-state index contributed by atoms with van der Waals surface area (Å²) in [5.74, 6) is 0. The molecule has 0 aromatic heterocycles. The van der Waals surface area contributed by atoms with Crippen molar-refractivity contribution in [2.24, 2.45) is 0 Å². The van der Waals surface area contributed by atoms with Crippen LogP contribution in [0.2, 0.25) is 0 Å². The first-order chi connectivity index (χ1) is 3.50. The van der Waals surface area contributed by atoms with Gasteiger partial charge in [0.1, 0.15) is 0 Å². The number of alkyl halides is 3. The Morgan fingerprint density at radius 1 is 1.62 bits per heavy atom. The second kappa shape index (κ2) is 2.50. The van der Waals surface area contributed by atoms with E-state index in [1.165, 1.54) is 0 Å². The van der Waals surface area contributed by atoms with E-state index in [0.717, 1.165) is 0 Å². The van der Waals surface area contributed by atoms with Crippen molar-refractivity contribution in [2.75, 3.05) is 0 Å². The standard InChI is InChI=1S/C3H6F3OSi/c1-2(4)3(5,6)8-7/h2H,8H2,1H3. The van der Waals surface area contributed by atoms with Gasteiger partial charge in [0.2, 0.25) is 0 Å². The van der Waals surface area contributed by atoms with Gasteiger partial charge in [-0.25, -0.2) is 13.2 Å². The maximum atomic E-state index is 11.6. The maximum Gasteiger partial charge on any atom is 0.289 e. The van der Waals surface area contributed by atoms with Gasteiger partial charge >= 0.3 is 0 Å². The topological polar surface area (TPSA) is 19.9 Å². The van der Waals surface area contributed by atoms with Crippen molar-refractivity contribution in [3.63, 3.8) is 0 Å². The van der Waals surface area contributed by atoms with Crippen molar-refractivity contribution < 1.29 is 18.0 Å². The van der Waals surface area contributed by atoms with Crippen molar-refractivity contribution >= 4 is 9.76 Å². The van der Waals surface area contributed by atoms with Gasteiger partial charge in [-0.05, 0) is 6.92 Å². The monoisotopic (exact) mass is 143 g/mol. The molecule has 0 N–H and O–H groups in total. The molecule has 0 aromatic rings. The lowest BCUT2D eigenvalue weighted by atomic mass is 10.5. The van der Waals surface area contributed by atoms with E-state index in [-0.39, 0.29) is 0 Å². The van der Waals surface area contributed by atoms with Gasteiger partial charge in [0.25, 0.3) is 15.3 Å². The quantitative estimate of drug-likeness (QED) is 0.500. The largest absolute Gasteiger partial charge is 0.299 e. The zero-order valence-corrected chi connectivity index (χ0v) is 5.74. The minimum absolute atomic E-state index is 0.699. The molecule has 1 radical (unpaired) electrons. The zero-order valence-electron chi connectivity index (χ0n) is 4.33. The van der Waals surface area contributed by atoms with E-state index in [1.807, 2.05) is 0 Å². The van der Waals surface area contributed by atoms with Gasteiger partial charge in [0.05, 0.1) is 0 Å². The third kappa shape index (κ3) is 1.83. The molecule has 1 atom stereocenters. The van der Waals surface area contributed by atoms with Gasteiger partial charge in [-0.15, -0.1) is 0 Å². The molecule has 8 heavy (non-hydrogen) atoms. The number of hydrogen-bond acceptors (Lipinski definition) is 0. The Bertz CT molecular complexity index is 74.9. The lowest BCUT2D eigenvalue weighted by Crippen LogP contribution is -2.33. The fraction of sp³-hybridized carbons (Fsp3) is 1.00. The number of hydrogen-bond donors (Lipinski definition) is 0. The highest BCUT2D eigenvalue weighted by Crippen LogP contribution is 2.18. The van der Waals surface area contributed by atoms with Gasteiger partial charge in [-0.3, -0.25) is 4.80 Å². The molecule has 5 heteroatoms. The summed E-state index contributed by atoms with van der Waals surface area (Å²) >= 11 is 0. The molecule has 0 heterocycles. The van der Waals surface area contributed by atoms with Crippen molar-refractivity contribution in [1.29, 1.82) is 0 Å². The minimum Gasteiger partial charge on any atom is -0.299 e. The fourth-order valence-electron chi connectivity index (χ4n) is 0.115. The SMILES string of the molecule is CC(F)C(F)(F)[SiH2][O]. The zero-order chi connectivity index (χ0) is 6.78. The summed E-state index contributed by atoms with van der Waals surface area (Å²) in [4.78, 5) is 9.54. The van der Waals surface area contributed by atoms with Gasteiger partial charge in [-0.2, -0.15) is 0 Å². The van der Waals surface area contributed by atoms with E-state index in [4.69, 9.17) is 0 Å². The third-order valence-corrected chi connectivity index (χ3v) is 1.72. The average Bonchev–Trinajstić information content (AvgIpc) is 1.67. The molecule has 0 fully saturated rings. The molecule has 0 saturated carbocycles. The molecule has 0 aromatic carbocycles. The van der Waals surface area contributed by atoms with E-state index >= 15 is 0 Å². The Morgan fingerprint density at radius 2 is 2.00 bits per heavy atom. The molecule has 0 bridgehead atoms. The van der Waals surface area contributed by atoms with Crippen molar-refractivity contribution in [2.45, 2.75) is 18.6 Å². The second-order valence-electron chi connectivity index (χ2n) is 1.52. The normalized spacial score (nSPS) is 17.6. The lowest BCUT2D eigenvalue weighted by molar-refractivity contribution is -0.000849. The number of halogens is 3. The fourth-order valence-corrected chi connectivity index (χ4v) is 0.344. The van der Waals surface area contributed by atoms with Crippen LogP contribution in [-0.4, -0.2) is 21.5 Å². The third-order valence-electron chi connectivity index (χ3n) is 0.774. The highest BCUT2D eigenvalue weighted by molar-refractivity contribution is 6.29. The summed E-state index contributed by atoms with van der Waals surface area (Å²) in [6.45, 7) is 0.699. The average molecular weight is 143 g/mol. The first kappa shape index (κ1) is 7.97. The Labute approximate surface area is 47.5 Å². The molecular formula is C3H6F3OSi. The smallest absolute Gasteiger partial charge is 0.289 e. The van der Waals surface area contributed by atoms with Crippen LogP contribution < -0.4 is 0 Å². The highest BCUT2D eigenvalue weighted by atomic mass is 28.2. The summed E-state index contributed by atoms with van der Waals surface area (Å²) < 4.78 is 34.9. The molecule has 0 spiro atoms. The molecule has 0 rings (SSSR count). The van der Waals surface area contributed by atoms with Crippen LogP contribution in [0.4, 0.5) is 13.2 Å². The molecule has 0 aliphatic heterocycles. The molecule has 0 amide bonds. The first-order valence-corrected chi connectivity index (χ1v) is 3.39. The number of rotatable bonds is 2. The van der Waals surface area contributed by atoms with Crippen LogP contribution >= 0.6 is 0 Å². The molecule has 0 saturated heterocycles. The van der Waals surface area contributed by atoms with Crippen LogP contribution in [0.25, 0.3) is 0 Å². The first-order valence-electron chi connectivity index (χ1n) is 2.10. The van der Waals surface area contributed by atoms with Crippen LogP contribution in [0.3, 0.4) is 0 Å². The second-order valence-corrected chi connectivity index (χ2v) is 2.75. The van der Waals surface area contributed by atoms with E-state index in [2.05, 4.69) is 0 Å². The van der Waals surface area contributed by atoms with Gasteiger partial charge in [0.15, 0.2) is 6.17 Å². The summed E-state index contributed by atoms with van der Waals surface area (Å²) in [7, 11) is -2.76. The van der Waals surface area contributed by atoms with E-state index in [0.29, 0.717) is 6.92 Å². The summed E-state index contributed by atoms with van der Waals surface area (Å²) in [6.07, 6.45) is -2.27. The molecule has 0 aliphatic rings. The molecule has 49 valence electrons. The Morgan fingerprint density at radius 3 is 2.00 bits per heavy atom. The molecule has 1 nitrogen and oxygen atoms in total.